The molecule has 0 aliphatic carbocycles. The number of likely N-dealkylation sites (N-methyl/N-ethyl adjacent to an activating group) is 1. The van der Waals surface area contributed by atoms with Crippen molar-refractivity contribution in [3.05, 3.63) is 207 Å². The van der Waals surface area contributed by atoms with Crippen molar-refractivity contribution in [3.8, 4) is 0 Å². The highest BCUT2D eigenvalue weighted by Crippen LogP contribution is 2.17. The second-order valence-electron chi connectivity index (χ2n) is 28.0. The predicted molar refractivity (Wildman–Crippen MR) is 446 cm³/mol. The molecule has 580 valence electrons. The summed E-state index contributed by atoms with van der Waals surface area (Å²) in [4.78, 5) is 37.8. The van der Waals surface area contributed by atoms with Crippen molar-refractivity contribution in [2.75, 3.05) is 47.5 Å². The Labute approximate surface area is 633 Å². The third kappa shape index (κ3) is 83.0. The van der Waals surface area contributed by atoms with Crippen molar-refractivity contribution in [1.29, 1.82) is 0 Å². The number of quaternary nitrogens is 1. The van der Waals surface area contributed by atoms with Crippen LogP contribution in [0.2, 0.25) is 0 Å². The van der Waals surface area contributed by atoms with E-state index in [2.05, 4.69) is 220 Å². The van der Waals surface area contributed by atoms with Crippen LogP contribution in [-0.2, 0) is 33.3 Å². The zero-order chi connectivity index (χ0) is 74.6. The van der Waals surface area contributed by atoms with Gasteiger partial charge in [-0.3, -0.25) is 9.59 Å². The van der Waals surface area contributed by atoms with Crippen molar-refractivity contribution in [2.45, 2.75) is 322 Å². The Balaban J connectivity index is 4.13. The van der Waals surface area contributed by atoms with Crippen molar-refractivity contribution >= 4 is 17.9 Å². The van der Waals surface area contributed by atoms with Gasteiger partial charge in [-0.25, -0.2) is 4.79 Å². The van der Waals surface area contributed by atoms with E-state index in [9.17, 15) is 19.5 Å². The smallest absolute Gasteiger partial charge is 0.361 e. The molecule has 0 fully saturated rings. The Morgan fingerprint density at radius 2 is 0.524 bits per heavy atom. The van der Waals surface area contributed by atoms with E-state index < -0.39 is 24.3 Å². The number of nitrogens with zero attached hydrogens (tertiary/aromatic N) is 1. The number of carboxylic acids is 1. The molecule has 2 atom stereocenters. The number of aliphatic carboxylic acids is 1. The lowest BCUT2D eigenvalue weighted by molar-refractivity contribution is -0.870. The number of carboxylic acid groups (broad SMARTS) is 1. The molecule has 0 aromatic rings. The summed E-state index contributed by atoms with van der Waals surface area (Å²) in [7, 11) is 5.97. The van der Waals surface area contributed by atoms with Gasteiger partial charge in [0.05, 0.1) is 34.4 Å². The van der Waals surface area contributed by atoms with Gasteiger partial charge in [-0.2, -0.15) is 0 Å². The predicted octanol–water partition coefficient (Wildman–Crippen LogP) is 27.0. The van der Waals surface area contributed by atoms with Gasteiger partial charge in [-0.05, 0) is 148 Å². The standard InChI is InChI=1S/C94H151NO8/c1-6-8-10-12-14-16-18-20-22-24-26-28-30-32-34-36-38-40-42-44-45-46-47-49-51-53-55-57-59-61-63-65-67-69-71-73-75-77-79-81-83-85-92(97)103-90(89-102-94(93(98)99)100-87-86-95(3,4)5)88-101-91(96)84-82-80-78-76-74-72-70-68-66-64-62-60-58-56-54-52-50-48-43-41-39-37-35-33-31-29-27-25-23-21-19-17-15-13-11-9-7-2/h8-11,14-17,20-23,26-29,32-35,38,40,44-45,47,49,53,55,59,61,65,67,71,73,90,94H,6-7,12-13,18-19,24-25,30-31,36-37,39,41-43,46,48,50-52,54,56-58,60,62-64,66,68-70,72,74-89H2,1-5H3/p+1/b10-8-,11-9-,16-14-,17-15-,22-20-,23-21-,28-26-,29-27-,34-32-,35-33-,40-38-,45-44-,49-47-,55-53-,61-59-,67-65-,73-71-. The van der Waals surface area contributed by atoms with E-state index in [0.29, 0.717) is 17.4 Å². The molecular weight excluding hydrogens is 1270 g/mol. The number of carbonyl (C=O) groups excluding carboxylic acids is 2. The van der Waals surface area contributed by atoms with Gasteiger partial charge >= 0.3 is 17.9 Å². The molecule has 2 unspecified atom stereocenters. The topological polar surface area (TPSA) is 108 Å². The van der Waals surface area contributed by atoms with Crippen LogP contribution < -0.4 is 0 Å². The summed E-state index contributed by atoms with van der Waals surface area (Å²) in [6.45, 7) is 4.62. The molecule has 0 saturated carbocycles. The molecule has 1 N–H and O–H groups in total. The average Bonchev–Trinajstić information content (AvgIpc) is 1.01. The fourth-order valence-electron chi connectivity index (χ4n) is 10.8. The molecular formula is C94H152NO8+. The fraction of sp³-hybridized carbons (Fsp3) is 0.606. The lowest BCUT2D eigenvalue weighted by Gasteiger charge is -2.25. The third-order valence-corrected chi connectivity index (χ3v) is 17.0. The van der Waals surface area contributed by atoms with Gasteiger partial charge in [-0.15, -0.1) is 0 Å². The molecule has 0 saturated heterocycles. The van der Waals surface area contributed by atoms with E-state index in [0.717, 1.165) is 154 Å². The van der Waals surface area contributed by atoms with E-state index in [1.807, 2.05) is 21.1 Å². The number of rotatable bonds is 74. The Kier molecular flexibility index (Phi) is 76.7. The van der Waals surface area contributed by atoms with E-state index in [4.69, 9.17) is 18.9 Å². The van der Waals surface area contributed by atoms with E-state index >= 15 is 0 Å². The number of unbranched alkanes of at least 4 members (excludes halogenated alkanes) is 25. The van der Waals surface area contributed by atoms with Crippen LogP contribution in [0.5, 0.6) is 0 Å². The fourth-order valence-corrected chi connectivity index (χ4v) is 10.8. The van der Waals surface area contributed by atoms with Crippen LogP contribution in [0.15, 0.2) is 207 Å². The Bertz CT molecular complexity index is 2460. The lowest BCUT2D eigenvalue weighted by Crippen LogP contribution is -2.40. The van der Waals surface area contributed by atoms with Crippen LogP contribution in [-0.4, -0.2) is 87.4 Å². The molecule has 0 spiro atoms. The maximum atomic E-state index is 13.0. The molecule has 9 nitrogen and oxygen atoms in total. The minimum atomic E-state index is -1.53. The highest BCUT2D eigenvalue weighted by atomic mass is 16.7. The van der Waals surface area contributed by atoms with E-state index in [1.165, 1.54) is 122 Å². The van der Waals surface area contributed by atoms with Crippen molar-refractivity contribution < 1.29 is 42.9 Å². The summed E-state index contributed by atoms with van der Waals surface area (Å²) >= 11 is 0. The maximum Gasteiger partial charge on any atom is 0.361 e. The van der Waals surface area contributed by atoms with E-state index in [1.54, 1.807) is 0 Å². The molecule has 0 radical (unpaired) electrons. The molecule has 0 rings (SSSR count). The molecule has 103 heavy (non-hydrogen) atoms. The Hall–Kier alpha value is -6.13. The first-order chi connectivity index (χ1) is 50.6. The van der Waals surface area contributed by atoms with Crippen LogP contribution in [0.4, 0.5) is 0 Å². The van der Waals surface area contributed by atoms with Crippen LogP contribution in [0, 0.1) is 0 Å². The molecule has 0 aliphatic heterocycles. The highest BCUT2D eigenvalue weighted by molar-refractivity contribution is 5.71. The number of hydrogen-bond donors (Lipinski definition) is 1. The normalized spacial score (nSPS) is 13.8. The Morgan fingerprint density at radius 1 is 0.291 bits per heavy atom. The third-order valence-electron chi connectivity index (χ3n) is 17.0. The van der Waals surface area contributed by atoms with Gasteiger partial charge in [0.15, 0.2) is 6.10 Å². The summed E-state index contributed by atoms with van der Waals surface area (Å²) < 4.78 is 23.0. The molecule has 0 aromatic heterocycles. The van der Waals surface area contributed by atoms with Crippen LogP contribution in [0.1, 0.15) is 309 Å². The number of allylic oxidation sites excluding steroid dienone is 34. The minimum Gasteiger partial charge on any atom is -0.477 e. The Morgan fingerprint density at radius 3 is 0.777 bits per heavy atom. The summed E-state index contributed by atoms with van der Waals surface area (Å²) in [5, 5.41) is 9.78. The SMILES string of the molecule is CC/C=C\C/C=C\C/C=C\C/C=C\C/C=C\C/C=C\C/C=C\C/C=C\C/C=C\C/C=C\C/C=C\C/C=C\CCCCCCC(=O)OC(COC(=O)CCCCCCCCCCCCCCCCCCCCCCC/C=C\C/C=C\C/C=C\C/C=C\C/C=C\CC)COC(OCC[N+](C)(C)C)C(=O)O. The quantitative estimate of drug-likeness (QED) is 0.0211. The summed E-state index contributed by atoms with van der Waals surface area (Å²) in [6.07, 6.45) is 124. The summed E-state index contributed by atoms with van der Waals surface area (Å²) in [5.74, 6) is -2.05. The first-order valence-corrected chi connectivity index (χ1v) is 41.2. The van der Waals surface area contributed by atoms with Gasteiger partial charge < -0.3 is 28.5 Å². The second-order valence-corrected chi connectivity index (χ2v) is 28.0. The molecule has 0 heterocycles. The number of esters is 2. The number of ether oxygens (including phenoxy) is 4. The highest BCUT2D eigenvalue weighted by Gasteiger charge is 2.25. The number of hydrogen-bond acceptors (Lipinski definition) is 7. The largest absolute Gasteiger partial charge is 0.477 e. The maximum absolute atomic E-state index is 13.0. The van der Waals surface area contributed by atoms with Crippen molar-refractivity contribution in [1.82, 2.24) is 0 Å². The van der Waals surface area contributed by atoms with Crippen molar-refractivity contribution in [2.24, 2.45) is 0 Å². The molecule has 9 heteroatoms. The van der Waals surface area contributed by atoms with Crippen molar-refractivity contribution in [3.63, 3.8) is 0 Å². The second kappa shape index (κ2) is 81.5. The zero-order valence-electron chi connectivity index (χ0n) is 66.4. The van der Waals surface area contributed by atoms with Gasteiger partial charge in [0.2, 0.25) is 0 Å². The van der Waals surface area contributed by atoms with Crippen LogP contribution in [0.3, 0.4) is 0 Å². The van der Waals surface area contributed by atoms with Gasteiger partial charge in [-0.1, -0.05) is 355 Å². The van der Waals surface area contributed by atoms with Gasteiger partial charge in [0.25, 0.3) is 6.29 Å². The first-order valence-electron chi connectivity index (χ1n) is 41.2. The first kappa shape index (κ1) is 96.9. The summed E-state index contributed by atoms with van der Waals surface area (Å²) in [5.41, 5.74) is 0. The van der Waals surface area contributed by atoms with E-state index in [-0.39, 0.29) is 38.6 Å². The molecule has 0 aromatic carbocycles. The zero-order valence-corrected chi connectivity index (χ0v) is 66.4. The number of carbonyl (C=O) groups is 3. The lowest BCUT2D eigenvalue weighted by atomic mass is 10.0. The summed E-state index contributed by atoms with van der Waals surface area (Å²) in [6, 6.07) is 0. The van der Waals surface area contributed by atoms with Gasteiger partial charge in [0, 0.05) is 12.8 Å². The molecule has 0 amide bonds. The van der Waals surface area contributed by atoms with Gasteiger partial charge in [0.1, 0.15) is 13.2 Å². The monoisotopic (exact) mass is 1420 g/mol. The average molecular weight is 1420 g/mol. The molecule has 0 aliphatic rings. The molecule has 0 bridgehead atoms. The van der Waals surface area contributed by atoms with Crippen LogP contribution >= 0.6 is 0 Å². The van der Waals surface area contributed by atoms with Crippen LogP contribution in [0.25, 0.3) is 0 Å². The minimum absolute atomic E-state index is 0.174.